The largest absolute Gasteiger partial charge is 0.389 e. The van der Waals surface area contributed by atoms with Gasteiger partial charge in [0.05, 0.1) is 44.2 Å². The van der Waals surface area contributed by atoms with E-state index in [2.05, 4.69) is 71.0 Å². The van der Waals surface area contributed by atoms with Crippen LogP contribution in [0.4, 0.5) is 0 Å². The summed E-state index contributed by atoms with van der Waals surface area (Å²) >= 11 is 0. The maximum Gasteiger partial charge on any atom is 0.191 e. The molecule has 0 bridgehead atoms. The molecule has 8 heteroatoms. The first-order valence-electron chi connectivity index (χ1n) is 21.0. The van der Waals surface area contributed by atoms with E-state index in [0.29, 0.717) is 51.3 Å². The average Bonchev–Trinajstić information content (AvgIpc) is 3.76. The van der Waals surface area contributed by atoms with E-state index < -0.39 is 22.8 Å². The van der Waals surface area contributed by atoms with Crippen LogP contribution < -0.4 is 0 Å². The van der Waals surface area contributed by atoms with E-state index in [1.165, 1.54) is 5.56 Å². The maximum absolute atomic E-state index is 13.0. The van der Waals surface area contributed by atoms with Gasteiger partial charge < -0.3 is 38.6 Å². The first kappa shape index (κ1) is 37.2. The predicted molar refractivity (Wildman–Crippen MR) is 201 cm³/mol. The van der Waals surface area contributed by atoms with Gasteiger partial charge in [0.25, 0.3) is 0 Å². The lowest BCUT2D eigenvalue weighted by Crippen LogP contribution is -2.64. The lowest BCUT2D eigenvalue weighted by molar-refractivity contribution is -0.343. The summed E-state index contributed by atoms with van der Waals surface area (Å²) in [7, 11) is 0. The lowest BCUT2D eigenvalue weighted by Gasteiger charge is -2.63. The fourth-order valence-electron chi connectivity index (χ4n) is 13.2. The van der Waals surface area contributed by atoms with Crippen LogP contribution in [0.5, 0.6) is 0 Å². The molecule has 3 aliphatic heterocycles. The van der Waals surface area contributed by atoms with Crippen LogP contribution in [-0.4, -0.2) is 73.1 Å². The second-order valence-electron chi connectivity index (χ2n) is 20.9. The second kappa shape index (κ2) is 12.3. The number of aliphatic hydroxyl groups is 2. The van der Waals surface area contributed by atoms with Gasteiger partial charge in [-0.1, -0.05) is 71.0 Å². The van der Waals surface area contributed by atoms with E-state index >= 15 is 0 Å². The summed E-state index contributed by atoms with van der Waals surface area (Å²) in [4.78, 5) is 0. The van der Waals surface area contributed by atoms with Gasteiger partial charge >= 0.3 is 0 Å². The van der Waals surface area contributed by atoms with Crippen LogP contribution >= 0.6 is 0 Å². The Morgan fingerprint density at radius 1 is 0.755 bits per heavy atom. The fraction of sp³-hybridized carbons (Fsp3) is 0.822. The molecule has 1 aromatic carbocycles. The van der Waals surface area contributed by atoms with Crippen molar-refractivity contribution in [3.8, 4) is 0 Å². The van der Waals surface area contributed by atoms with Crippen molar-refractivity contribution in [3.63, 3.8) is 0 Å². The molecule has 0 aromatic heterocycles. The third-order valence-corrected chi connectivity index (χ3v) is 16.3. The molecule has 8 nitrogen and oxygen atoms in total. The average molecular weight is 735 g/mol. The molecule has 0 amide bonds. The third-order valence-electron chi connectivity index (χ3n) is 16.3. The molecule has 5 aliphatic carbocycles. The van der Waals surface area contributed by atoms with Crippen molar-refractivity contribution in [2.45, 2.75) is 154 Å². The standard InChI is InChI=1S/C45H66O8/c1-37(2)27-50-40(6,51-28-37)32-13-11-31(12-14-32)35-24-39(5)33(15-18-42(39,46)17-9-23-49-36-10-7-8-22-48-36)34-16-19-43(47)26-44(52-29-38(3,4)30-53-44)21-20-41(43)25-45(34,35)41/h9,11-14,17,33-36,46-47H,7-8,10,15-16,18-30H2,1-6H3/b17-9-/t33-,34-,35+,36?,39-,41-,42-,43+,45+/m0/s1. The van der Waals surface area contributed by atoms with Crippen molar-refractivity contribution >= 4 is 0 Å². The number of hydrogen-bond acceptors (Lipinski definition) is 8. The molecule has 53 heavy (non-hydrogen) atoms. The number of fused-ring (bicyclic) bond motifs is 2. The van der Waals surface area contributed by atoms with E-state index in [9.17, 15) is 10.2 Å². The van der Waals surface area contributed by atoms with Crippen molar-refractivity contribution < 1.29 is 38.6 Å². The Morgan fingerprint density at radius 2 is 1.43 bits per heavy atom. The molecule has 8 fully saturated rings. The molecule has 9 rings (SSSR count). The maximum atomic E-state index is 13.0. The van der Waals surface area contributed by atoms with Gasteiger partial charge in [0.1, 0.15) is 0 Å². The van der Waals surface area contributed by atoms with Crippen molar-refractivity contribution in [2.24, 2.45) is 38.9 Å². The zero-order valence-corrected chi connectivity index (χ0v) is 33.3. The number of benzene rings is 1. The van der Waals surface area contributed by atoms with Crippen LogP contribution in [0.3, 0.4) is 0 Å². The van der Waals surface area contributed by atoms with Gasteiger partial charge in [0, 0.05) is 46.7 Å². The minimum absolute atomic E-state index is 0.00937. The molecule has 1 unspecified atom stereocenters. The van der Waals surface area contributed by atoms with Crippen LogP contribution in [0.1, 0.15) is 136 Å². The molecule has 294 valence electrons. The lowest BCUT2D eigenvalue weighted by atomic mass is 9.44. The molecular formula is C45H66O8. The van der Waals surface area contributed by atoms with E-state index in [1.807, 2.05) is 6.92 Å². The van der Waals surface area contributed by atoms with E-state index in [1.54, 1.807) is 0 Å². The molecular weight excluding hydrogens is 668 g/mol. The van der Waals surface area contributed by atoms with Crippen LogP contribution in [-0.2, 0) is 34.2 Å². The highest BCUT2D eigenvalue weighted by atomic mass is 16.7. The van der Waals surface area contributed by atoms with Gasteiger partial charge in [-0.15, -0.1) is 0 Å². The van der Waals surface area contributed by atoms with Gasteiger partial charge in [0.15, 0.2) is 17.9 Å². The molecule has 2 N–H and O–H groups in total. The van der Waals surface area contributed by atoms with Crippen LogP contribution in [0.15, 0.2) is 36.4 Å². The summed E-state index contributed by atoms with van der Waals surface area (Å²) in [6, 6.07) is 9.05. The first-order valence-corrected chi connectivity index (χ1v) is 21.0. The van der Waals surface area contributed by atoms with Gasteiger partial charge in [-0.3, -0.25) is 0 Å². The SMILES string of the molecule is CC1(C)COC2(CC[C@@]34C[C@@]35[C@@H](c3ccc(C6(C)OCC(C)(C)CO6)cc3)C[C@@]3(C)[C@@H](CC[C@@]3(O)/C=C\COC3CCCCO3)[C@@H]5CC[C@@]4(O)C2)OC1. The minimum atomic E-state index is -0.929. The van der Waals surface area contributed by atoms with E-state index in [-0.39, 0.29) is 39.3 Å². The summed E-state index contributed by atoms with van der Waals surface area (Å²) in [6.45, 7) is 17.0. The molecule has 8 aliphatic rings. The highest BCUT2D eigenvalue weighted by molar-refractivity contribution is 5.42. The normalized spacial score (nSPS) is 46.3. The van der Waals surface area contributed by atoms with E-state index in [0.717, 1.165) is 82.8 Å². The van der Waals surface area contributed by atoms with Gasteiger partial charge in [-0.2, -0.15) is 0 Å². The zero-order valence-electron chi connectivity index (χ0n) is 33.3. The summed E-state index contributed by atoms with van der Waals surface area (Å²) in [6.07, 6.45) is 14.9. The highest BCUT2D eigenvalue weighted by Crippen LogP contribution is 2.89. The summed E-state index contributed by atoms with van der Waals surface area (Å²) in [5.74, 6) is -0.478. The molecule has 0 radical (unpaired) electrons. The van der Waals surface area contributed by atoms with Crippen molar-refractivity contribution in [2.75, 3.05) is 39.6 Å². The predicted octanol–water partition coefficient (Wildman–Crippen LogP) is 8.14. The van der Waals surface area contributed by atoms with Crippen molar-refractivity contribution in [1.29, 1.82) is 0 Å². The molecule has 9 atom stereocenters. The topological polar surface area (TPSA) is 95.8 Å². The summed E-state index contributed by atoms with van der Waals surface area (Å²) < 4.78 is 37.8. The van der Waals surface area contributed by atoms with Crippen molar-refractivity contribution in [3.05, 3.63) is 47.5 Å². The highest BCUT2D eigenvalue weighted by Gasteiger charge is 2.86. The second-order valence-corrected chi connectivity index (χ2v) is 20.9. The minimum Gasteiger partial charge on any atom is -0.389 e. The quantitative estimate of drug-likeness (QED) is 0.283. The smallest absolute Gasteiger partial charge is 0.191 e. The molecule has 3 spiro atoms. The van der Waals surface area contributed by atoms with E-state index in [4.69, 9.17) is 28.4 Å². The van der Waals surface area contributed by atoms with Gasteiger partial charge in [-0.05, 0) is 99.9 Å². The summed E-state index contributed by atoms with van der Waals surface area (Å²) in [5.41, 5.74) is 0.0119. The van der Waals surface area contributed by atoms with Crippen molar-refractivity contribution in [1.82, 2.24) is 0 Å². The zero-order chi connectivity index (χ0) is 37.2. The van der Waals surface area contributed by atoms with Crippen LogP contribution in [0.2, 0.25) is 0 Å². The Labute approximate surface area is 317 Å². The fourth-order valence-corrected chi connectivity index (χ4v) is 13.2. The molecule has 3 saturated heterocycles. The molecule has 5 saturated carbocycles. The third kappa shape index (κ3) is 5.65. The van der Waals surface area contributed by atoms with Gasteiger partial charge in [0.2, 0.25) is 0 Å². The molecule has 3 heterocycles. The number of ether oxygens (including phenoxy) is 6. The van der Waals surface area contributed by atoms with Gasteiger partial charge in [-0.25, -0.2) is 0 Å². The Morgan fingerprint density at radius 3 is 2.11 bits per heavy atom. The number of rotatable bonds is 6. The Balaban J connectivity index is 1.04. The summed E-state index contributed by atoms with van der Waals surface area (Å²) in [5, 5.41) is 25.7. The first-order chi connectivity index (χ1) is 25.0. The number of hydrogen-bond donors (Lipinski definition) is 2. The Kier molecular flexibility index (Phi) is 8.65. The molecule has 1 aromatic rings. The van der Waals surface area contributed by atoms with Crippen LogP contribution in [0.25, 0.3) is 0 Å². The van der Waals surface area contributed by atoms with Crippen LogP contribution in [0, 0.1) is 38.9 Å². The monoisotopic (exact) mass is 734 g/mol. The Hall–Kier alpha value is -1.36. The Bertz CT molecular complexity index is 1560.